The Hall–Kier alpha value is -1.34. The topological polar surface area (TPSA) is 20.2 Å². The van der Waals surface area contributed by atoms with E-state index in [4.69, 9.17) is 0 Å². The molecule has 0 aliphatic rings. The van der Waals surface area contributed by atoms with Gasteiger partial charge in [0.25, 0.3) is 0 Å². The molecule has 1 N–H and O–H groups in total. The fourth-order valence-electron chi connectivity index (χ4n) is 1.87. The molecule has 0 bridgehead atoms. The largest absolute Gasteiger partial charge is 0.393 e. The minimum atomic E-state index is -0.219. The molecule has 0 saturated heterocycles. The van der Waals surface area contributed by atoms with E-state index in [0.717, 1.165) is 12.8 Å². The number of aliphatic hydroxyl groups is 1. The van der Waals surface area contributed by atoms with E-state index in [2.05, 4.69) is 42.5 Å². The second-order valence-corrected chi connectivity index (χ2v) is 4.03. The average Bonchev–Trinajstić information content (AvgIpc) is 2.26. The normalized spacial score (nSPS) is 12.9. The highest BCUT2D eigenvalue weighted by molar-refractivity contribution is 5.85. The molecule has 1 nitrogen and oxygen atoms in total. The van der Waals surface area contributed by atoms with Crippen molar-refractivity contribution in [1.29, 1.82) is 0 Å². The molecule has 0 aliphatic heterocycles. The number of rotatable bonds is 3. The van der Waals surface area contributed by atoms with Gasteiger partial charge in [-0.2, -0.15) is 0 Å². The van der Waals surface area contributed by atoms with Crippen LogP contribution in [0.5, 0.6) is 0 Å². The summed E-state index contributed by atoms with van der Waals surface area (Å²) < 4.78 is 0. The maximum atomic E-state index is 9.29. The minimum Gasteiger partial charge on any atom is -0.393 e. The number of aliphatic hydroxyl groups excluding tert-OH is 1. The molecule has 0 fully saturated rings. The molecule has 0 amide bonds. The lowest BCUT2D eigenvalue weighted by Crippen LogP contribution is -2.01. The summed E-state index contributed by atoms with van der Waals surface area (Å²) in [5.74, 6) is 0. The standard InChI is InChI=1S/C14H16O/c1-11(15)9-10-13-7-4-6-12-5-2-3-8-14(12)13/h2-8,11,15H,9-10H2,1H3. The van der Waals surface area contributed by atoms with E-state index in [1.165, 1.54) is 16.3 Å². The molecule has 0 spiro atoms. The van der Waals surface area contributed by atoms with Crippen molar-refractivity contribution in [2.75, 3.05) is 0 Å². The predicted molar refractivity (Wildman–Crippen MR) is 63.9 cm³/mol. The SMILES string of the molecule is CC(O)CCc1cccc2ccccc12. The lowest BCUT2D eigenvalue weighted by molar-refractivity contribution is 0.185. The van der Waals surface area contributed by atoms with Crippen molar-refractivity contribution in [3.05, 3.63) is 48.0 Å². The van der Waals surface area contributed by atoms with Crippen molar-refractivity contribution in [2.45, 2.75) is 25.9 Å². The Labute approximate surface area is 90.4 Å². The number of hydrogen-bond donors (Lipinski definition) is 1. The summed E-state index contributed by atoms with van der Waals surface area (Å²) in [4.78, 5) is 0. The Kier molecular flexibility index (Phi) is 3.02. The first-order valence-corrected chi connectivity index (χ1v) is 5.42. The van der Waals surface area contributed by atoms with Gasteiger partial charge in [-0.1, -0.05) is 42.5 Å². The summed E-state index contributed by atoms with van der Waals surface area (Å²) in [6, 6.07) is 14.7. The van der Waals surface area contributed by atoms with Gasteiger partial charge in [0.05, 0.1) is 6.10 Å². The van der Waals surface area contributed by atoms with Crippen LogP contribution < -0.4 is 0 Å². The van der Waals surface area contributed by atoms with Crippen LogP contribution >= 0.6 is 0 Å². The molecule has 1 atom stereocenters. The summed E-state index contributed by atoms with van der Waals surface area (Å²) in [5.41, 5.74) is 1.33. The Morgan fingerprint density at radius 3 is 2.60 bits per heavy atom. The van der Waals surface area contributed by atoms with Crippen molar-refractivity contribution in [3.63, 3.8) is 0 Å². The van der Waals surface area contributed by atoms with Gasteiger partial charge in [-0.05, 0) is 36.1 Å². The predicted octanol–water partition coefficient (Wildman–Crippen LogP) is 3.15. The van der Waals surface area contributed by atoms with Gasteiger partial charge in [0.1, 0.15) is 0 Å². The van der Waals surface area contributed by atoms with Crippen LogP contribution in [0.15, 0.2) is 42.5 Å². The Bertz CT molecular complexity index is 441. The molecule has 1 heteroatoms. The maximum absolute atomic E-state index is 9.29. The number of benzene rings is 2. The third-order valence-corrected chi connectivity index (χ3v) is 2.71. The molecule has 78 valence electrons. The van der Waals surface area contributed by atoms with Gasteiger partial charge in [-0.15, -0.1) is 0 Å². The van der Waals surface area contributed by atoms with Crippen molar-refractivity contribution >= 4 is 10.8 Å². The second kappa shape index (κ2) is 4.45. The molecule has 2 aromatic carbocycles. The van der Waals surface area contributed by atoms with Crippen LogP contribution in [0.4, 0.5) is 0 Å². The van der Waals surface area contributed by atoms with Gasteiger partial charge in [0.2, 0.25) is 0 Å². The quantitative estimate of drug-likeness (QED) is 0.807. The van der Waals surface area contributed by atoms with E-state index in [0.29, 0.717) is 0 Å². The highest BCUT2D eigenvalue weighted by atomic mass is 16.3. The zero-order valence-electron chi connectivity index (χ0n) is 8.98. The van der Waals surface area contributed by atoms with Crippen molar-refractivity contribution in [3.8, 4) is 0 Å². The molecule has 15 heavy (non-hydrogen) atoms. The average molecular weight is 200 g/mol. The maximum Gasteiger partial charge on any atom is 0.0515 e. The van der Waals surface area contributed by atoms with Crippen molar-refractivity contribution < 1.29 is 5.11 Å². The van der Waals surface area contributed by atoms with E-state index in [1.807, 2.05) is 6.92 Å². The fourth-order valence-corrected chi connectivity index (χ4v) is 1.87. The molecule has 2 rings (SSSR count). The summed E-state index contributed by atoms with van der Waals surface area (Å²) >= 11 is 0. The van der Waals surface area contributed by atoms with Crippen LogP contribution in [0.2, 0.25) is 0 Å². The van der Waals surface area contributed by atoms with Crippen LogP contribution in [0.25, 0.3) is 10.8 Å². The fraction of sp³-hybridized carbons (Fsp3) is 0.286. The van der Waals surface area contributed by atoms with E-state index in [-0.39, 0.29) is 6.10 Å². The molecule has 0 aromatic heterocycles. The number of fused-ring (bicyclic) bond motifs is 1. The Balaban J connectivity index is 2.34. The van der Waals surface area contributed by atoms with Crippen LogP contribution in [-0.2, 0) is 6.42 Å². The molecule has 1 unspecified atom stereocenters. The molecule has 0 aliphatic carbocycles. The van der Waals surface area contributed by atoms with Gasteiger partial charge >= 0.3 is 0 Å². The summed E-state index contributed by atoms with van der Waals surface area (Å²) in [6.45, 7) is 1.84. The third-order valence-electron chi connectivity index (χ3n) is 2.71. The minimum absolute atomic E-state index is 0.219. The number of aryl methyl sites for hydroxylation is 1. The first kappa shape index (κ1) is 10.2. The summed E-state index contributed by atoms with van der Waals surface area (Å²) in [6.07, 6.45) is 1.55. The van der Waals surface area contributed by atoms with E-state index >= 15 is 0 Å². The zero-order valence-corrected chi connectivity index (χ0v) is 8.98. The lowest BCUT2D eigenvalue weighted by atomic mass is 10.00. The first-order valence-electron chi connectivity index (χ1n) is 5.42. The van der Waals surface area contributed by atoms with Gasteiger partial charge in [-0.25, -0.2) is 0 Å². The number of hydrogen-bond acceptors (Lipinski definition) is 1. The molecule has 0 heterocycles. The van der Waals surface area contributed by atoms with Crippen LogP contribution in [0, 0.1) is 0 Å². The van der Waals surface area contributed by atoms with Gasteiger partial charge in [0.15, 0.2) is 0 Å². The first-order chi connectivity index (χ1) is 7.27. The second-order valence-electron chi connectivity index (χ2n) is 4.03. The third kappa shape index (κ3) is 2.37. The molecule has 0 saturated carbocycles. The molecule has 2 aromatic rings. The highest BCUT2D eigenvalue weighted by Gasteiger charge is 2.01. The van der Waals surface area contributed by atoms with E-state index in [9.17, 15) is 5.11 Å². The monoisotopic (exact) mass is 200 g/mol. The van der Waals surface area contributed by atoms with Gasteiger partial charge in [-0.3, -0.25) is 0 Å². The van der Waals surface area contributed by atoms with Crippen molar-refractivity contribution in [1.82, 2.24) is 0 Å². The molecular weight excluding hydrogens is 184 g/mol. The van der Waals surface area contributed by atoms with E-state index < -0.39 is 0 Å². The van der Waals surface area contributed by atoms with Crippen LogP contribution in [-0.4, -0.2) is 11.2 Å². The highest BCUT2D eigenvalue weighted by Crippen LogP contribution is 2.19. The van der Waals surface area contributed by atoms with Crippen LogP contribution in [0.3, 0.4) is 0 Å². The summed E-state index contributed by atoms with van der Waals surface area (Å²) in [5, 5.41) is 11.9. The molecular formula is C14H16O. The smallest absolute Gasteiger partial charge is 0.0515 e. The van der Waals surface area contributed by atoms with Gasteiger partial charge < -0.3 is 5.11 Å². The van der Waals surface area contributed by atoms with Gasteiger partial charge in [0, 0.05) is 0 Å². The summed E-state index contributed by atoms with van der Waals surface area (Å²) in [7, 11) is 0. The Morgan fingerprint density at radius 2 is 1.80 bits per heavy atom. The van der Waals surface area contributed by atoms with E-state index in [1.54, 1.807) is 0 Å². The van der Waals surface area contributed by atoms with Crippen LogP contribution in [0.1, 0.15) is 18.9 Å². The van der Waals surface area contributed by atoms with Crippen molar-refractivity contribution in [2.24, 2.45) is 0 Å². The lowest BCUT2D eigenvalue weighted by Gasteiger charge is -2.07. The molecule has 0 radical (unpaired) electrons. The zero-order chi connectivity index (χ0) is 10.7. The Morgan fingerprint density at radius 1 is 1.07 bits per heavy atom.